The van der Waals surface area contributed by atoms with E-state index in [2.05, 4.69) is 10.6 Å². The number of nitrogens with one attached hydrogen (secondary N) is 2. The van der Waals surface area contributed by atoms with E-state index in [4.69, 9.17) is 5.11 Å². The minimum atomic E-state index is -1.02. The molecule has 102 valence electrons. The highest BCUT2D eigenvalue weighted by Gasteiger charge is 2.26. The molecule has 1 heterocycles. The Bertz CT molecular complexity index is 345. The van der Waals surface area contributed by atoms with Crippen molar-refractivity contribution in [3.8, 4) is 0 Å². The van der Waals surface area contributed by atoms with Gasteiger partial charge in [0, 0.05) is 26.1 Å². The van der Waals surface area contributed by atoms with Gasteiger partial charge in [0.15, 0.2) is 0 Å². The van der Waals surface area contributed by atoms with E-state index in [0.717, 1.165) is 0 Å². The number of carboxylic acids is 1. The summed E-state index contributed by atoms with van der Waals surface area (Å²) < 4.78 is 0. The molecule has 2 unspecified atom stereocenters. The molecule has 1 aliphatic heterocycles. The molecule has 7 nitrogen and oxygen atoms in total. The van der Waals surface area contributed by atoms with Gasteiger partial charge in [0.25, 0.3) is 0 Å². The zero-order valence-electron chi connectivity index (χ0n) is 10.6. The Labute approximate surface area is 106 Å². The van der Waals surface area contributed by atoms with Gasteiger partial charge >= 0.3 is 12.0 Å². The molecule has 0 aromatic heterocycles. The van der Waals surface area contributed by atoms with Gasteiger partial charge in [-0.1, -0.05) is 6.92 Å². The molecule has 0 bridgehead atoms. The number of hydrogen-bond acceptors (Lipinski definition) is 3. The lowest BCUT2D eigenvalue weighted by atomic mass is 10.2. The van der Waals surface area contributed by atoms with Crippen molar-refractivity contribution in [3.63, 3.8) is 0 Å². The number of likely N-dealkylation sites (N-methyl/N-ethyl adjacent to an activating group) is 1. The predicted molar refractivity (Wildman–Crippen MR) is 64.0 cm³/mol. The van der Waals surface area contributed by atoms with E-state index in [-0.39, 0.29) is 11.9 Å². The number of rotatable bonds is 5. The maximum Gasteiger partial charge on any atom is 0.326 e. The number of carboxylic acid groups (broad SMARTS) is 1. The molecule has 3 amide bonds. The van der Waals surface area contributed by atoms with Crippen molar-refractivity contribution in [2.24, 2.45) is 0 Å². The molecule has 3 N–H and O–H groups in total. The van der Waals surface area contributed by atoms with Crippen molar-refractivity contribution in [3.05, 3.63) is 0 Å². The van der Waals surface area contributed by atoms with Crippen LogP contribution in [0.5, 0.6) is 0 Å². The minimum absolute atomic E-state index is 0.0143. The van der Waals surface area contributed by atoms with Crippen molar-refractivity contribution in [2.75, 3.05) is 13.6 Å². The zero-order chi connectivity index (χ0) is 13.7. The quantitative estimate of drug-likeness (QED) is 0.633. The molecule has 2 atom stereocenters. The summed E-state index contributed by atoms with van der Waals surface area (Å²) in [5.74, 6) is -1.04. The van der Waals surface area contributed by atoms with Gasteiger partial charge in [-0.3, -0.25) is 4.79 Å². The van der Waals surface area contributed by atoms with Crippen LogP contribution >= 0.6 is 0 Å². The molecule has 1 saturated heterocycles. The van der Waals surface area contributed by atoms with Gasteiger partial charge in [-0.2, -0.15) is 0 Å². The Kier molecular flexibility index (Phi) is 4.94. The molecular weight excluding hydrogens is 238 g/mol. The molecule has 18 heavy (non-hydrogen) atoms. The standard InChI is InChI=1S/C11H19N3O4/c1-3-8(10(16)17)14(2)11(18)12-6-7-4-5-9(15)13-7/h7-8H,3-6H2,1-2H3,(H,12,18)(H,13,15)(H,16,17). The first kappa shape index (κ1) is 14.3. The van der Waals surface area contributed by atoms with Gasteiger partial charge < -0.3 is 20.6 Å². The number of aliphatic carboxylic acids is 1. The topological polar surface area (TPSA) is 98.7 Å². The molecule has 0 saturated carbocycles. The van der Waals surface area contributed by atoms with Crippen LogP contribution < -0.4 is 10.6 Å². The number of hydrogen-bond donors (Lipinski definition) is 3. The number of carbonyl (C=O) groups excluding carboxylic acids is 2. The zero-order valence-corrected chi connectivity index (χ0v) is 10.6. The van der Waals surface area contributed by atoms with Crippen LogP contribution in [0, 0.1) is 0 Å². The monoisotopic (exact) mass is 257 g/mol. The van der Waals surface area contributed by atoms with Crippen LogP contribution in [0.2, 0.25) is 0 Å². The smallest absolute Gasteiger partial charge is 0.326 e. The highest BCUT2D eigenvalue weighted by atomic mass is 16.4. The van der Waals surface area contributed by atoms with Crippen molar-refractivity contribution in [2.45, 2.75) is 38.3 Å². The Morgan fingerprint density at radius 3 is 2.72 bits per heavy atom. The van der Waals surface area contributed by atoms with Gasteiger partial charge in [0.05, 0.1) is 0 Å². The van der Waals surface area contributed by atoms with Gasteiger partial charge in [-0.05, 0) is 12.8 Å². The molecular formula is C11H19N3O4. The largest absolute Gasteiger partial charge is 0.480 e. The number of carbonyl (C=O) groups is 3. The Balaban J connectivity index is 2.40. The number of urea groups is 1. The molecule has 0 aliphatic carbocycles. The van der Waals surface area contributed by atoms with Crippen molar-refractivity contribution < 1.29 is 19.5 Å². The summed E-state index contributed by atoms with van der Waals surface area (Å²) in [5.41, 5.74) is 0. The third kappa shape index (κ3) is 3.61. The molecule has 1 rings (SSSR count). The van der Waals surface area contributed by atoms with E-state index in [1.807, 2.05) is 0 Å². The lowest BCUT2D eigenvalue weighted by Gasteiger charge is -2.24. The summed E-state index contributed by atoms with van der Waals surface area (Å²) >= 11 is 0. The maximum atomic E-state index is 11.7. The van der Waals surface area contributed by atoms with E-state index >= 15 is 0 Å². The lowest BCUT2D eigenvalue weighted by molar-refractivity contribution is -0.141. The highest BCUT2D eigenvalue weighted by Crippen LogP contribution is 2.06. The SMILES string of the molecule is CCC(C(=O)O)N(C)C(=O)NCC1CCC(=O)N1. The number of nitrogens with zero attached hydrogens (tertiary/aromatic N) is 1. The lowest BCUT2D eigenvalue weighted by Crippen LogP contribution is -2.49. The molecule has 0 spiro atoms. The minimum Gasteiger partial charge on any atom is -0.480 e. The molecule has 0 aromatic carbocycles. The molecule has 0 radical (unpaired) electrons. The first-order valence-electron chi connectivity index (χ1n) is 5.98. The van der Waals surface area contributed by atoms with Gasteiger partial charge in [-0.15, -0.1) is 0 Å². The average molecular weight is 257 g/mol. The van der Waals surface area contributed by atoms with Crippen LogP contribution in [0.25, 0.3) is 0 Å². The van der Waals surface area contributed by atoms with E-state index < -0.39 is 18.0 Å². The van der Waals surface area contributed by atoms with Crippen molar-refractivity contribution in [1.82, 2.24) is 15.5 Å². The summed E-state index contributed by atoms with van der Waals surface area (Å²) in [6.07, 6.45) is 1.52. The van der Waals surface area contributed by atoms with Crippen molar-refractivity contribution >= 4 is 17.9 Å². The second-order valence-corrected chi connectivity index (χ2v) is 4.36. The Morgan fingerprint density at radius 1 is 1.61 bits per heavy atom. The first-order chi connectivity index (χ1) is 8.45. The summed E-state index contributed by atoms with van der Waals surface area (Å²) in [4.78, 5) is 34.8. The molecule has 7 heteroatoms. The number of amides is 3. The van der Waals surface area contributed by atoms with E-state index in [0.29, 0.717) is 25.8 Å². The maximum absolute atomic E-state index is 11.7. The summed E-state index contributed by atoms with van der Waals surface area (Å²) in [7, 11) is 1.45. The molecule has 0 aromatic rings. The predicted octanol–water partition coefficient (Wildman–Crippen LogP) is -0.230. The third-order valence-corrected chi connectivity index (χ3v) is 3.04. The van der Waals surface area contributed by atoms with Crippen LogP contribution in [0.4, 0.5) is 4.79 Å². The third-order valence-electron chi connectivity index (χ3n) is 3.04. The summed E-state index contributed by atoms with van der Waals surface area (Å²) in [6.45, 7) is 2.03. The fraction of sp³-hybridized carbons (Fsp3) is 0.727. The van der Waals surface area contributed by atoms with Crippen LogP contribution in [0.1, 0.15) is 26.2 Å². The molecule has 1 aliphatic rings. The molecule has 1 fully saturated rings. The Morgan fingerprint density at radius 2 is 2.28 bits per heavy atom. The Hall–Kier alpha value is -1.79. The van der Waals surface area contributed by atoms with Crippen molar-refractivity contribution in [1.29, 1.82) is 0 Å². The van der Waals surface area contributed by atoms with Crippen LogP contribution in [0.3, 0.4) is 0 Å². The average Bonchev–Trinajstić information content (AvgIpc) is 2.72. The van der Waals surface area contributed by atoms with Gasteiger partial charge in [-0.25, -0.2) is 9.59 Å². The first-order valence-corrected chi connectivity index (χ1v) is 5.98. The fourth-order valence-electron chi connectivity index (χ4n) is 1.92. The normalized spacial score (nSPS) is 20.1. The summed E-state index contributed by atoms with van der Waals surface area (Å²) in [6, 6.07) is -1.33. The van der Waals surface area contributed by atoms with E-state index in [1.165, 1.54) is 11.9 Å². The summed E-state index contributed by atoms with van der Waals surface area (Å²) in [5, 5.41) is 14.3. The van der Waals surface area contributed by atoms with E-state index in [1.54, 1.807) is 6.92 Å². The second-order valence-electron chi connectivity index (χ2n) is 4.36. The highest BCUT2D eigenvalue weighted by molar-refractivity contribution is 5.82. The van der Waals surface area contributed by atoms with Crippen LogP contribution in [-0.2, 0) is 9.59 Å². The van der Waals surface area contributed by atoms with E-state index in [9.17, 15) is 14.4 Å². The van der Waals surface area contributed by atoms with Crippen LogP contribution in [0.15, 0.2) is 0 Å². The van der Waals surface area contributed by atoms with Gasteiger partial charge in [0.2, 0.25) is 5.91 Å². The van der Waals surface area contributed by atoms with Crippen LogP contribution in [-0.4, -0.2) is 53.6 Å². The van der Waals surface area contributed by atoms with Gasteiger partial charge in [0.1, 0.15) is 6.04 Å². The second kappa shape index (κ2) is 6.23. The fourth-order valence-corrected chi connectivity index (χ4v) is 1.92.